The van der Waals surface area contributed by atoms with E-state index in [2.05, 4.69) is 16.2 Å². The van der Waals surface area contributed by atoms with Crippen molar-refractivity contribution in [2.45, 2.75) is 26.4 Å². The van der Waals surface area contributed by atoms with Gasteiger partial charge in [0.1, 0.15) is 17.5 Å². The highest BCUT2D eigenvalue weighted by Crippen LogP contribution is 2.35. The van der Waals surface area contributed by atoms with Gasteiger partial charge in [-0.1, -0.05) is 30.3 Å². The summed E-state index contributed by atoms with van der Waals surface area (Å²) < 4.78 is 1.83. The number of benzene rings is 1. The fourth-order valence-corrected chi connectivity index (χ4v) is 3.63. The number of nitrogens with two attached hydrogens (primary N) is 1. The highest BCUT2D eigenvalue weighted by molar-refractivity contribution is 5.80. The minimum Gasteiger partial charge on any atom is -0.383 e. The Hall–Kier alpha value is -3.66. The molecule has 1 aliphatic heterocycles. The summed E-state index contributed by atoms with van der Waals surface area (Å²) in [6.07, 6.45) is 4.27. The second-order valence-corrected chi connectivity index (χ2v) is 6.89. The number of fused-ring (bicyclic) bond motifs is 1. The van der Waals surface area contributed by atoms with E-state index in [4.69, 9.17) is 5.73 Å². The minimum absolute atomic E-state index is 0.00621. The fraction of sp³-hybridized carbons (Fsp3) is 0.238. The van der Waals surface area contributed by atoms with Gasteiger partial charge in [-0.3, -0.25) is 9.48 Å². The van der Waals surface area contributed by atoms with Gasteiger partial charge in [-0.15, -0.1) is 0 Å². The van der Waals surface area contributed by atoms with Crippen LogP contribution in [0.15, 0.2) is 42.7 Å². The molecule has 7 heteroatoms. The average Bonchev–Trinajstić information content (AvgIpc) is 3.15. The number of hydrogen-bond donors (Lipinski definition) is 1. The largest absolute Gasteiger partial charge is 0.383 e. The smallest absolute Gasteiger partial charge is 0.219 e. The third-order valence-corrected chi connectivity index (χ3v) is 5.05. The van der Waals surface area contributed by atoms with E-state index >= 15 is 0 Å². The van der Waals surface area contributed by atoms with E-state index in [0.717, 1.165) is 27.9 Å². The molecular formula is C21H20N6O. The van der Waals surface area contributed by atoms with Gasteiger partial charge >= 0.3 is 0 Å². The third-order valence-electron chi connectivity index (χ3n) is 5.05. The molecule has 0 saturated heterocycles. The molecule has 140 valence electrons. The number of carbonyl (C=O) groups is 1. The van der Waals surface area contributed by atoms with Crippen molar-refractivity contribution in [3.8, 4) is 17.2 Å². The van der Waals surface area contributed by atoms with Crippen molar-refractivity contribution >= 4 is 11.7 Å². The molecule has 2 N–H and O–H groups in total. The lowest BCUT2D eigenvalue weighted by Gasteiger charge is -2.29. The van der Waals surface area contributed by atoms with Gasteiger partial charge in [0.25, 0.3) is 0 Å². The molecule has 0 spiro atoms. The summed E-state index contributed by atoms with van der Waals surface area (Å²) >= 11 is 0. The maximum atomic E-state index is 11.9. The van der Waals surface area contributed by atoms with Crippen molar-refractivity contribution in [2.75, 3.05) is 12.3 Å². The lowest BCUT2D eigenvalue weighted by molar-refractivity contribution is -0.129. The second-order valence-electron chi connectivity index (χ2n) is 6.89. The van der Waals surface area contributed by atoms with Crippen LogP contribution in [-0.4, -0.2) is 32.1 Å². The lowest BCUT2D eigenvalue weighted by atomic mass is 9.92. The van der Waals surface area contributed by atoms with Crippen molar-refractivity contribution in [1.29, 1.82) is 5.26 Å². The Morgan fingerprint density at radius 1 is 1.32 bits per heavy atom. The van der Waals surface area contributed by atoms with Gasteiger partial charge < -0.3 is 10.6 Å². The van der Waals surface area contributed by atoms with Crippen LogP contribution in [0.5, 0.6) is 0 Å². The number of amides is 1. The first-order valence-corrected chi connectivity index (χ1v) is 9.10. The topological polar surface area (TPSA) is 101 Å². The first-order valence-electron chi connectivity index (χ1n) is 9.10. The van der Waals surface area contributed by atoms with Crippen LogP contribution in [0.4, 0.5) is 5.82 Å². The highest BCUT2D eigenvalue weighted by atomic mass is 16.2. The quantitative estimate of drug-likeness (QED) is 0.760. The number of anilines is 1. The summed E-state index contributed by atoms with van der Waals surface area (Å²) in [7, 11) is 0. The molecule has 0 aliphatic carbocycles. The molecule has 3 aromatic rings. The van der Waals surface area contributed by atoms with E-state index in [1.165, 1.54) is 0 Å². The molecule has 1 amide bonds. The number of carbonyl (C=O) groups excluding carboxylic acids is 1. The Bertz CT molecular complexity index is 1080. The van der Waals surface area contributed by atoms with Gasteiger partial charge in [0.05, 0.1) is 18.4 Å². The fourth-order valence-electron chi connectivity index (χ4n) is 3.63. The average molecular weight is 372 g/mol. The molecule has 1 aliphatic rings. The molecule has 4 rings (SSSR count). The number of nitrogen functional groups attached to an aromatic ring is 1. The van der Waals surface area contributed by atoms with Crippen LogP contribution < -0.4 is 5.73 Å². The molecule has 0 radical (unpaired) electrons. The number of aromatic nitrogens is 3. The number of nitrogens with zero attached hydrogens (tertiary/aromatic N) is 5. The number of hydrogen-bond acceptors (Lipinski definition) is 5. The Morgan fingerprint density at radius 2 is 2.11 bits per heavy atom. The predicted molar refractivity (Wildman–Crippen MR) is 105 cm³/mol. The molecule has 7 nitrogen and oxygen atoms in total. The maximum Gasteiger partial charge on any atom is 0.219 e. The van der Waals surface area contributed by atoms with Gasteiger partial charge in [0.2, 0.25) is 5.91 Å². The zero-order chi connectivity index (χ0) is 19.7. The molecule has 0 saturated carbocycles. The molecule has 0 unspecified atom stereocenters. The number of rotatable bonds is 3. The van der Waals surface area contributed by atoms with E-state index < -0.39 is 0 Å². The summed E-state index contributed by atoms with van der Waals surface area (Å²) in [6.45, 7) is 3.21. The Kier molecular flexibility index (Phi) is 4.53. The second kappa shape index (κ2) is 7.16. The molecule has 0 fully saturated rings. The van der Waals surface area contributed by atoms with Crippen LogP contribution >= 0.6 is 0 Å². The Labute approximate surface area is 163 Å². The molecule has 2 aromatic heterocycles. The number of pyridine rings is 1. The maximum absolute atomic E-state index is 11.9. The standard InChI is InChI=1S/C21H20N6O/c1-14(28)26-8-7-19-18(13-26)20(17(9-22)21(23)25-19)16-10-24-27(12-16)11-15-5-3-2-4-6-15/h2-6,10,12H,7-8,11,13H2,1H3,(H2,23,25). The van der Waals surface area contributed by atoms with Crippen LogP contribution in [0.2, 0.25) is 0 Å². The van der Waals surface area contributed by atoms with Gasteiger partial charge in [-0.05, 0) is 5.56 Å². The first-order chi connectivity index (χ1) is 13.6. The Balaban J connectivity index is 1.78. The molecule has 0 atom stereocenters. The van der Waals surface area contributed by atoms with Crippen molar-refractivity contribution in [1.82, 2.24) is 19.7 Å². The van der Waals surface area contributed by atoms with Crippen molar-refractivity contribution < 1.29 is 4.79 Å². The summed E-state index contributed by atoms with van der Waals surface area (Å²) in [5.74, 6) is 0.232. The van der Waals surface area contributed by atoms with Gasteiger partial charge in [0, 0.05) is 49.3 Å². The summed E-state index contributed by atoms with van der Waals surface area (Å²) in [4.78, 5) is 18.1. The first kappa shape index (κ1) is 17.7. The van der Waals surface area contributed by atoms with Gasteiger partial charge in [-0.25, -0.2) is 4.98 Å². The zero-order valence-corrected chi connectivity index (χ0v) is 15.6. The van der Waals surface area contributed by atoms with E-state index in [0.29, 0.717) is 31.6 Å². The van der Waals surface area contributed by atoms with Crippen molar-refractivity contribution in [3.05, 3.63) is 65.1 Å². The van der Waals surface area contributed by atoms with E-state index in [1.807, 2.05) is 41.2 Å². The zero-order valence-electron chi connectivity index (χ0n) is 15.6. The van der Waals surface area contributed by atoms with Gasteiger partial charge in [0.15, 0.2) is 0 Å². The van der Waals surface area contributed by atoms with Crippen LogP contribution in [0.25, 0.3) is 11.1 Å². The Morgan fingerprint density at radius 3 is 2.82 bits per heavy atom. The van der Waals surface area contributed by atoms with Crippen LogP contribution in [0.1, 0.15) is 29.3 Å². The molecule has 28 heavy (non-hydrogen) atoms. The highest BCUT2D eigenvalue weighted by Gasteiger charge is 2.26. The normalized spacial score (nSPS) is 13.1. The van der Waals surface area contributed by atoms with E-state index in [1.54, 1.807) is 18.0 Å². The van der Waals surface area contributed by atoms with Crippen LogP contribution in [0.3, 0.4) is 0 Å². The summed E-state index contributed by atoms with van der Waals surface area (Å²) in [6, 6.07) is 12.2. The van der Waals surface area contributed by atoms with Crippen molar-refractivity contribution in [3.63, 3.8) is 0 Å². The van der Waals surface area contributed by atoms with Crippen LogP contribution in [-0.2, 0) is 24.3 Å². The molecule has 3 heterocycles. The lowest BCUT2D eigenvalue weighted by Crippen LogP contribution is -2.35. The molecule has 1 aromatic carbocycles. The molecule has 0 bridgehead atoms. The molecular weight excluding hydrogens is 352 g/mol. The number of nitriles is 1. The van der Waals surface area contributed by atoms with E-state index in [-0.39, 0.29) is 11.7 Å². The van der Waals surface area contributed by atoms with Crippen molar-refractivity contribution in [2.24, 2.45) is 0 Å². The van der Waals surface area contributed by atoms with Crippen LogP contribution in [0, 0.1) is 11.3 Å². The van der Waals surface area contributed by atoms with Gasteiger partial charge in [-0.2, -0.15) is 10.4 Å². The summed E-state index contributed by atoms with van der Waals surface area (Å²) in [5.41, 5.74) is 10.8. The summed E-state index contributed by atoms with van der Waals surface area (Å²) in [5, 5.41) is 14.2. The predicted octanol–water partition coefficient (Wildman–Crippen LogP) is 2.35. The third kappa shape index (κ3) is 3.21. The minimum atomic E-state index is 0.00621. The van der Waals surface area contributed by atoms with E-state index in [9.17, 15) is 10.1 Å². The SMILES string of the molecule is CC(=O)N1CCc2nc(N)c(C#N)c(-c3cnn(Cc4ccccc4)c3)c2C1. The monoisotopic (exact) mass is 372 g/mol.